The number of hydrogen-bond donors (Lipinski definition) is 1. The first-order chi connectivity index (χ1) is 7.76. The van der Waals surface area contributed by atoms with Crippen molar-refractivity contribution in [1.82, 2.24) is 15.3 Å². The molecule has 3 nitrogen and oxygen atoms in total. The van der Waals surface area contributed by atoms with Gasteiger partial charge in [-0.15, -0.1) is 0 Å². The molecule has 1 N–H and O–H groups in total. The molecule has 0 saturated carbocycles. The third kappa shape index (κ3) is 4.71. The van der Waals surface area contributed by atoms with Crippen LogP contribution in [-0.4, -0.2) is 22.6 Å². The van der Waals surface area contributed by atoms with Crippen LogP contribution in [0.4, 0.5) is 0 Å². The highest BCUT2D eigenvalue weighted by molar-refractivity contribution is 5.00. The smallest absolute Gasteiger partial charge is 0.130 e. The van der Waals surface area contributed by atoms with Gasteiger partial charge in [0.2, 0.25) is 0 Å². The van der Waals surface area contributed by atoms with Crippen molar-refractivity contribution in [3.63, 3.8) is 0 Å². The Balaban J connectivity index is 2.52. The van der Waals surface area contributed by atoms with E-state index in [4.69, 9.17) is 0 Å². The van der Waals surface area contributed by atoms with Crippen molar-refractivity contribution < 1.29 is 0 Å². The second-order valence-corrected chi connectivity index (χ2v) is 4.26. The quantitative estimate of drug-likeness (QED) is 0.768. The molecule has 1 aromatic heterocycles. The van der Waals surface area contributed by atoms with E-state index in [1.54, 1.807) is 0 Å². The lowest BCUT2D eigenvalue weighted by Gasteiger charge is -2.16. The number of aromatic nitrogens is 2. The Morgan fingerprint density at radius 2 is 2.12 bits per heavy atom. The standard InChI is InChI=1S/C13H23N3/c1-4-6-12(14-8-5-2)10-13-15-9-7-11(3)16-13/h7,9,12,14H,4-6,8,10H2,1-3H3. The van der Waals surface area contributed by atoms with Gasteiger partial charge in [-0.3, -0.25) is 0 Å². The Kier molecular flexibility index (Phi) is 6.01. The minimum Gasteiger partial charge on any atom is -0.314 e. The molecule has 0 aliphatic carbocycles. The summed E-state index contributed by atoms with van der Waals surface area (Å²) in [7, 11) is 0. The van der Waals surface area contributed by atoms with Crippen LogP contribution in [-0.2, 0) is 6.42 Å². The summed E-state index contributed by atoms with van der Waals surface area (Å²) in [6.07, 6.45) is 6.36. The molecule has 1 rings (SSSR count). The highest BCUT2D eigenvalue weighted by Crippen LogP contribution is 2.04. The van der Waals surface area contributed by atoms with Crippen LogP contribution in [0.15, 0.2) is 12.3 Å². The molecular weight excluding hydrogens is 198 g/mol. The summed E-state index contributed by atoms with van der Waals surface area (Å²) in [6.45, 7) is 7.51. The fourth-order valence-electron chi connectivity index (χ4n) is 1.79. The predicted molar refractivity (Wildman–Crippen MR) is 67.5 cm³/mol. The lowest BCUT2D eigenvalue weighted by Crippen LogP contribution is -2.32. The molecule has 1 atom stereocenters. The van der Waals surface area contributed by atoms with E-state index in [1.165, 1.54) is 19.3 Å². The van der Waals surface area contributed by atoms with Crippen LogP contribution in [0.5, 0.6) is 0 Å². The van der Waals surface area contributed by atoms with E-state index in [0.717, 1.165) is 24.5 Å². The highest BCUT2D eigenvalue weighted by Gasteiger charge is 2.09. The van der Waals surface area contributed by atoms with E-state index in [9.17, 15) is 0 Å². The Hall–Kier alpha value is -0.960. The van der Waals surface area contributed by atoms with Crippen molar-refractivity contribution in [3.05, 3.63) is 23.8 Å². The molecule has 0 aliphatic rings. The first-order valence-corrected chi connectivity index (χ1v) is 6.28. The Morgan fingerprint density at radius 1 is 1.31 bits per heavy atom. The molecule has 16 heavy (non-hydrogen) atoms. The minimum atomic E-state index is 0.520. The Morgan fingerprint density at radius 3 is 2.75 bits per heavy atom. The van der Waals surface area contributed by atoms with Crippen molar-refractivity contribution in [2.24, 2.45) is 0 Å². The van der Waals surface area contributed by atoms with Gasteiger partial charge in [-0.25, -0.2) is 9.97 Å². The molecule has 0 aliphatic heterocycles. The van der Waals surface area contributed by atoms with Crippen LogP contribution in [0.25, 0.3) is 0 Å². The molecule has 90 valence electrons. The van der Waals surface area contributed by atoms with Crippen LogP contribution < -0.4 is 5.32 Å². The van der Waals surface area contributed by atoms with Gasteiger partial charge in [-0.05, 0) is 32.4 Å². The SMILES string of the molecule is CCCNC(CCC)Cc1nccc(C)n1. The van der Waals surface area contributed by atoms with E-state index in [1.807, 2.05) is 19.2 Å². The topological polar surface area (TPSA) is 37.8 Å². The van der Waals surface area contributed by atoms with Crippen molar-refractivity contribution in [3.8, 4) is 0 Å². The molecule has 0 amide bonds. The van der Waals surface area contributed by atoms with Crippen LogP contribution in [0.3, 0.4) is 0 Å². The van der Waals surface area contributed by atoms with Crippen LogP contribution in [0.1, 0.15) is 44.6 Å². The van der Waals surface area contributed by atoms with Gasteiger partial charge in [0.05, 0.1) is 0 Å². The molecule has 3 heteroatoms. The number of rotatable bonds is 7. The van der Waals surface area contributed by atoms with Crippen molar-refractivity contribution in [1.29, 1.82) is 0 Å². The third-order valence-corrected chi connectivity index (χ3v) is 2.59. The molecule has 0 spiro atoms. The van der Waals surface area contributed by atoms with Gasteiger partial charge in [-0.1, -0.05) is 20.3 Å². The van der Waals surface area contributed by atoms with E-state index in [0.29, 0.717) is 6.04 Å². The molecule has 0 fully saturated rings. The van der Waals surface area contributed by atoms with Crippen LogP contribution in [0.2, 0.25) is 0 Å². The van der Waals surface area contributed by atoms with Crippen LogP contribution >= 0.6 is 0 Å². The average Bonchev–Trinajstić information content (AvgIpc) is 2.26. The zero-order valence-electron chi connectivity index (χ0n) is 10.7. The maximum absolute atomic E-state index is 4.45. The number of hydrogen-bond acceptors (Lipinski definition) is 3. The predicted octanol–water partition coefficient (Wildman–Crippen LogP) is 2.50. The largest absolute Gasteiger partial charge is 0.314 e. The molecule has 0 aromatic carbocycles. The summed E-state index contributed by atoms with van der Waals surface area (Å²) in [5.41, 5.74) is 1.05. The average molecular weight is 221 g/mol. The monoisotopic (exact) mass is 221 g/mol. The van der Waals surface area contributed by atoms with Gasteiger partial charge in [0.1, 0.15) is 5.82 Å². The van der Waals surface area contributed by atoms with Crippen molar-refractivity contribution >= 4 is 0 Å². The van der Waals surface area contributed by atoms with Crippen molar-refractivity contribution in [2.75, 3.05) is 6.54 Å². The first-order valence-electron chi connectivity index (χ1n) is 6.28. The van der Waals surface area contributed by atoms with E-state index >= 15 is 0 Å². The van der Waals surface area contributed by atoms with Gasteiger partial charge < -0.3 is 5.32 Å². The fourth-order valence-corrected chi connectivity index (χ4v) is 1.79. The van der Waals surface area contributed by atoms with Gasteiger partial charge in [0.25, 0.3) is 0 Å². The summed E-state index contributed by atoms with van der Waals surface area (Å²) in [4.78, 5) is 8.77. The maximum atomic E-state index is 4.45. The Labute approximate surface area is 98.7 Å². The summed E-state index contributed by atoms with van der Waals surface area (Å²) in [5, 5.41) is 3.56. The first kappa shape index (κ1) is 13.1. The highest BCUT2D eigenvalue weighted by atomic mass is 14.9. The molecule has 0 bridgehead atoms. The van der Waals surface area contributed by atoms with E-state index < -0.39 is 0 Å². The molecule has 1 heterocycles. The van der Waals surface area contributed by atoms with Gasteiger partial charge >= 0.3 is 0 Å². The number of nitrogens with zero attached hydrogens (tertiary/aromatic N) is 2. The second-order valence-electron chi connectivity index (χ2n) is 4.26. The van der Waals surface area contributed by atoms with E-state index in [-0.39, 0.29) is 0 Å². The number of aryl methyl sites for hydroxylation is 1. The summed E-state index contributed by atoms with van der Waals surface area (Å²) in [6, 6.07) is 2.46. The molecule has 1 unspecified atom stereocenters. The fraction of sp³-hybridized carbons (Fsp3) is 0.692. The molecule has 0 radical (unpaired) electrons. The minimum absolute atomic E-state index is 0.520. The lowest BCUT2D eigenvalue weighted by molar-refractivity contribution is 0.464. The number of nitrogens with one attached hydrogen (secondary N) is 1. The van der Waals surface area contributed by atoms with Crippen LogP contribution in [0, 0.1) is 6.92 Å². The molecule has 1 aromatic rings. The summed E-state index contributed by atoms with van der Waals surface area (Å²) >= 11 is 0. The zero-order valence-corrected chi connectivity index (χ0v) is 10.7. The maximum Gasteiger partial charge on any atom is 0.130 e. The van der Waals surface area contributed by atoms with Crippen molar-refractivity contribution in [2.45, 2.75) is 52.5 Å². The van der Waals surface area contributed by atoms with Gasteiger partial charge in [0, 0.05) is 24.4 Å². The van der Waals surface area contributed by atoms with E-state index in [2.05, 4.69) is 29.1 Å². The second kappa shape index (κ2) is 7.34. The lowest BCUT2D eigenvalue weighted by atomic mass is 10.1. The van der Waals surface area contributed by atoms with Gasteiger partial charge in [-0.2, -0.15) is 0 Å². The molecule has 0 saturated heterocycles. The summed E-state index contributed by atoms with van der Waals surface area (Å²) < 4.78 is 0. The third-order valence-electron chi connectivity index (χ3n) is 2.59. The Bertz CT molecular complexity index is 299. The zero-order chi connectivity index (χ0) is 11.8. The normalized spacial score (nSPS) is 12.7. The molecular formula is C13H23N3. The van der Waals surface area contributed by atoms with Gasteiger partial charge in [0.15, 0.2) is 0 Å². The summed E-state index contributed by atoms with van der Waals surface area (Å²) in [5.74, 6) is 0.960.